The Bertz CT molecular complexity index is 911. The number of halogens is 1. The Hall–Kier alpha value is -1.96. The molecule has 0 atom stereocenters. The molecule has 0 unspecified atom stereocenters. The van der Waals surface area contributed by atoms with Gasteiger partial charge in [0.2, 0.25) is 0 Å². The van der Waals surface area contributed by atoms with Gasteiger partial charge in [0.1, 0.15) is 0 Å². The van der Waals surface area contributed by atoms with Gasteiger partial charge in [0.25, 0.3) is 0 Å². The van der Waals surface area contributed by atoms with Crippen LogP contribution < -0.4 is 10.7 Å². The molecule has 3 aromatic rings. The van der Waals surface area contributed by atoms with Crippen LogP contribution in [0.4, 0.5) is 5.69 Å². The molecule has 24 heavy (non-hydrogen) atoms. The number of aryl methyl sites for hydroxylation is 1. The first-order valence-electron chi connectivity index (χ1n) is 7.24. The molecule has 0 bridgehead atoms. The number of benzene rings is 2. The topological polar surface area (TPSA) is 44.8 Å². The molecule has 122 valence electrons. The summed E-state index contributed by atoms with van der Waals surface area (Å²) < 4.78 is 3.32. The summed E-state index contributed by atoms with van der Waals surface area (Å²) in [5.41, 5.74) is 7.20. The first-order chi connectivity index (χ1) is 11.5. The van der Waals surface area contributed by atoms with Crippen molar-refractivity contribution in [1.82, 2.24) is 9.66 Å². The van der Waals surface area contributed by atoms with Crippen LogP contribution in [0.2, 0.25) is 0 Å². The van der Waals surface area contributed by atoms with E-state index < -0.39 is 0 Å². The average molecular weight is 419 g/mol. The van der Waals surface area contributed by atoms with Gasteiger partial charge in [0.15, 0.2) is 9.88 Å². The van der Waals surface area contributed by atoms with Crippen molar-refractivity contribution in [3.63, 3.8) is 0 Å². The molecular formula is C17H15BrN4S2. The van der Waals surface area contributed by atoms with Gasteiger partial charge in [-0.1, -0.05) is 45.8 Å². The zero-order chi connectivity index (χ0) is 17.1. The van der Waals surface area contributed by atoms with Crippen LogP contribution in [0.3, 0.4) is 0 Å². The highest BCUT2D eigenvalue weighted by molar-refractivity contribution is 9.10. The van der Waals surface area contributed by atoms with Crippen molar-refractivity contribution in [3.8, 4) is 11.3 Å². The quantitative estimate of drug-likeness (QED) is 0.509. The third-order valence-corrected chi connectivity index (χ3v) is 4.46. The van der Waals surface area contributed by atoms with Crippen LogP contribution in [0, 0.1) is 11.7 Å². The fourth-order valence-electron chi connectivity index (χ4n) is 2.21. The molecule has 0 fully saturated rings. The van der Waals surface area contributed by atoms with E-state index in [9.17, 15) is 0 Å². The Morgan fingerprint density at radius 2 is 1.75 bits per heavy atom. The van der Waals surface area contributed by atoms with Crippen molar-refractivity contribution in [2.24, 2.45) is 0 Å². The standard InChI is InChI=1S/C17H15BrN4S2/c1-11-2-4-12(5-3-11)15-10-19-17(24)22(15)21-16(23)20-14-8-6-13(18)7-9-14/h2-10H,1H3,(H,19,24)(H2,20,21,23). The second-order valence-corrected chi connectivity index (χ2v) is 6.96. The number of H-pyrrole nitrogens is 1. The van der Waals surface area contributed by atoms with E-state index in [4.69, 9.17) is 24.4 Å². The number of thiocarbonyl (C=S) groups is 1. The molecule has 0 spiro atoms. The van der Waals surface area contributed by atoms with E-state index >= 15 is 0 Å². The molecule has 0 aliphatic rings. The molecule has 0 aliphatic carbocycles. The normalized spacial score (nSPS) is 10.4. The Labute approximate surface area is 159 Å². The van der Waals surface area contributed by atoms with Gasteiger partial charge in [-0.3, -0.25) is 5.43 Å². The van der Waals surface area contributed by atoms with Gasteiger partial charge in [0.05, 0.1) is 5.69 Å². The van der Waals surface area contributed by atoms with Crippen molar-refractivity contribution in [3.05, 3.63) is 69.5 Å². The van der Waals surface area contributed by atoms with Crippen molar-refractivity contribution in [1.29, 1.82) is 0 Å². The maximum Gasteiger partial charge on any atom is 0.196 e. The third-order valence-electron chi connectivity index (χ3n) is 3.44. The number of aromatic amines is 1. The molecule has 3 N–H and O–H groups in total. The minimum absolute atomic E-state index is 0.460. The highest BCUT2D eigenvalue weighted by Gasteiger charge is 2.08. The van der Waals surface area contributed by atoms with Crippen molar-refractivity contribution in [2.75, 3.05) is 10.7 Å². The third kappa shape index (κ3) is 3.92. The summed E-state index contributed by atoms with van der Waals surface area (Å²) >= 11 is 14.2. The van der Waals surface area contributed by atoms with Crippen LogP contribution in [-0.4, -0.2) is 14.8 Å². The highest BCUT2D eigenvalue weighted by Crippen LogP contribution is 2.19. The number of anilines is 1. The zero-order valence-corrected chi connectivity index (χ0v) is 16.1. The van der Waals surface area contributed by atoms with Crippen LogP contribution in [0.1, 0.15) is 5.56 Å². The van der Waals surface area contributed by atoms with E-state index in [1.807, 2.05) is 30.5 Å². The molecule has 1 heterocycles. The number of aromatic nitrogens is 2. The minimum atomic E-state index is 0.460. The van der Waals surface area contributed by atoms with Gasteiger partial charge in [0, 0.05) is 21.9 Å². The van der Waals surface area contributed by atoms with Gasteiger partial charge in [-0.25, -0.2) is 4.68 Å². The Morgan fingerprint density at radius 1 is 1.08 bits per heavy atom. The first kappa shape index (κ1) is 16.9. The van der Waals surface area contributed by atoms with Gasteiger partial charge in [-0.2, -0.15) is 0 Å². The van der Waals surface area contributed by atoms with E-state index in [0.29, 0.717) is 9.88 Å². The summed E-state index contributed by atoms with van der Waals surface area (Å²) in [6.45, 7) is 2.06. The summed E-state index contributed by atoms with van der Waals surface area (Å²) in [6, 6.07) is 16.0. The predicted octanol–water partition coefficient (Wildman–Crippen LogP) is 5.22. The van der Waals surface area contributed by atoms with Crippen LogP contribution >= 0.6 is 40.4 Å². The Morgan fingerprint density at radius 3 is 2.42 bits per heavy atom. The highest BCUT2D eigenvalue weighted by atomic mass is 79.9. The van der Waals surface area contributed by atoms with Crippen LogP contribution in [0.5, 0.6) is 0 Å². The molecule has 7 heteroatoms. The number of rotatable bonds is 3. The summed E-state index contributed by atoms with van der Waals surface area (Å²) in [5, 5.41) is 3.60. The lowest BCUT2D eigenvalue weighted by atomic mass is 10.1. The Balaban J connectivity index is 1.81. The number of nitrogens with one attached hydrogen (secondary N) is 3. The van der Waals surface area contributed by atoms with Gasteiger partial charge >= 0.3 is 0 Å². The summed E-state index contributed by atoms with van der Waals surface area (Å²) in [4.78, 5) is 3.05. The van der Waals surface area contributed by atoms with Gasteiger partial charge in [-0.15, -0.1) is 0 Å². The zero-order valence-electron chi connectivity index (χ0n) is 12.8. The van der Waals surface area contributed by atoms with E-state index in [1.54, 1.807) is 4.68 Å². The Kier molecular flexibility index (Phi) is 5.13. The molecule has 2 aromatic carbocycles. The maximum absolute atomic E-state index is 5.39. The fourth-order valence-corrected chi connectivity index (χ4v) is 2.89. The lowest BCUT2D eigenvalue weighted by Gasteiger charge is -2.14. The van der Waals surface area contributed by atoms with Crippen LogP contribution in [0.25, 0.3) is 11.3 Å². The number of hydrogen-bond acceptors (Lipinski definition) is 2. The fraction of sp³-hybridized carbons (Fsp3) is 0.0588. The maximum atomic E-state index is 5.39. The van der Waals surface area contributed by atoms with Gasteiger partial charge in [-0.05, 0) is 55.6 Å². The molecule has 3 rings (SSSR count). The van der Waals surface area contributed by atoms with E-state index in [-0.39, 0.29) is 0 Å². The summed E-state index contributed by atoms with van der Waals surface area (Å²) in [6.07, 6.45) is 1.86. The summed E-state index contributed by atoms with van der Waals surface area (Å²) in [7, 11) is 0. The molecule has 1 aromatic heterocycles. The van der Waals surface area contributed by atoms with Crippen LogP contribution in [-0.2, 0) is 0 Å². The number of imidazole rings is 1. The number of nitrogens with zero attached hydrogens (tertiary/aromatic N) is 1. The molecular weight excluding hydrogens is 404 g/mol. The first-order valence-corrected chi connectivity index (χ1v) is 8.85. The smallest absolute Gasteiger partial charge is 0.196 e. The average Bonchev–Trinajstić information content (AvgIpc) is 2.91. The van der Waals surface area contributed by atoms with Crippen molar-refractivity contribution < 1.29 is 0 Å². The molecule has 0 aliphatic heterocycles. The van der Waals surface area contributed by atoms with E-state index in [1.165, 1.54) is 5.56 Å². The predicted molar refractivity (Wildman–Crippen MR) is 110 cm³/mol. The van der Waals surface area contributed by atoms with Crippen LogP contribution in [0.15, 0.2) is 59.2 Å². The van der Waals surface area contributed by atoms with E-state index in [0.717, 1.165) is 21.4 Å². The monoisotopic (exact) mass is 418 g/mol. The lowest BCUT2D eigenvalue weighted by Crippen LogP contribution is -2.28. The molecule has 0 amide bonds. The molecule has 0 radical (unpaired) electrons. The minimum Gasteiger partial charge on any atom is -0.335 e. The van der Waals surface area contributed by atoms with Crippen molar-refractivity contribution >= 4 is 51.2 Å². The summed E-state index contributed by atoms with van der Waals surface area (Å²) in [5.74, 6) is 0. The van der Waals surface area contributed by atoms with Gasteiger partial charge < -0.3 is 10.3 Å². The second-order valence-electron chi connectivity index (χ2n) is 5.25. The SMILES string of the molecule is Cc1ccc(-c2c[nH]c(=S)n2NC(=S)Nc2ccc(Br)cc2)cc1. The lowest BCUT2D eigenvalue weighted by molar-refractivity contribution is 0.962. The molecule has 4 nitrogen and oxygen atoms in total. The molecule has 0 saturated carbocycles. The molecule has 0 saturated heterocycles. The second kappa shape index (κ2) is 7.29. The number of hydrogen-bond donors (Lipinski definition) is 3. The van der Waals surface area contributed by atoms with Crippen molar-refractivity contribution in [2.45, 2.75) is 6.92 Å². The largest absolute Gasteiger partial charge is 0.335 e. The van der Waals surface area contributed by atoms with E-state index in [2.05, 4.69) is 62.8 Å².